The molecule has 30 nitrogen and oxygen atoms in total. The molecule has 11 amide bonds. The van der Waals surface area contributed by atoms with Gasteiger partial charge in [-0.25, -0.2) is 5.06 Å². The SMILES string of the molecule is CCCCCCCC(=O)N[C@@H](CCN)C(=O)N[C@@H]1C(=O)N([C@H](CO)C(=O)N[C@H]2CCNC(=O)[C@H](C(C)O)NC(=O)[C@H](CCN)NC(=O)[C@H](CCN)NC(=O)[C@H](C(C)O)NC(=O)[C@@H](CC(C)C)NC(=O)[C@H](CCN)NC2=O)OC1C. The average Bonchev–Trinajstić information content (AvgIpc) is 3.69. The van der Waals surface area contributed by atoms with E-state index in [9.17, 15) is 68.1 Å². The molecule has 13 atom stereocenters. The van der Waals surface area contributed by atoms with Crippen molar-refractivity contribution < 1.29 is 72.9 Å². The van der Waals surface area contributed by atoms with Gasteiger partial charge in [0.05, 0.1) is 18.8 Å². The van der Waals surface area contributed by atoms with E-state index in [2.05, 4.69) is 60.1 Å². The third-order valence-corrected chi connectivity index (χ3v) is 13.0. The number of carbonyl (C=O) groups is 11. The Balaban J connectivity index is 2.59. The number of carbonyl (C=O) groups excluding carboxylic acids is 11. The topological polar surface area (TPSA) is 485 Å². The number of hydroxylamine groups is 2. The van der Waals surface area contributed by atoms with Crippen LogP contribution in [0.2, 0.25) is 0 Å². The highest BCUT2D eigenvalue weighted by atomic mass is 16.7. The molecule has 450 valence electrons. The van der Waals surface area contributed by atoms with Gasteiger partial charge in [-0.05, 0) is 97.8 Å². The summed E-state index contributed by atoms with van der Waals surface area (Å²) >= 11 is 0. The predicted molar refractivity (Wildman–Crippen MR) is 284 cm³/mol. The summed E-state index contributed by atoms with van der Waals surface area (Å²) in [6, 6.07) is -15.5. The molecule has 2 aliphatic rings. The molecule has 0 aromatic rings. The van der Waals surface area contributed by atoms with Gasteiger partial charge >= 0.3 is 0 Å². The fourth-order valence-corrected chi connectivity index (χ4v) is 8.54. The maximum atomic E-state index is 14.3. The first kappa shape index (κ1) is 69.0. The molecule has 2 fully saturated rings. The number of rotatable bonds is 25. The number of aliphatic hydroxyl groups excluding tert-OH is 3. The maximum absolute atomic E-state index is 14.3. The molecule has 2 aliphatic heterocycles. The molecule has 21 N–H and O–H groups in total. The van der Waals surface area contributed by atoms with Crippen molar-refractivity contribution >= 4 is 65.0 Å². The molecular formula is C49H89N15O15. The third-order valence-electron chi connectivity index (χ3n) is 13.0. The number of aliphatic hydroxyl groups is 3. The van der Waals surface area contributed by atoms with Gasteiger partial charge in [-0.3, -0.25) is 57.6 Å². The summed E-state index contributed by atoms with van der Waals surface area (Å²) in [5.41, 5.74) is 23.1. The molecule has 0 saturated carbocycles. The van der Waals surface area contributed by atoms with Gasteiger partial charge in [0, 0.05) is 13.0 Å². The minimum Gasteiger partial charge on any atom is -0.394 e. The van der Waals surface area contributed by atoms with E-state index in [0.29, 0.717) is 11.5 Å². The Kier molecular flexibility index (Phi) is 31.0. The minimum absolute atomic E-state index is 0.00158. The van der Waals surface area contributed by atoms with E-state index in [4.69, 9.17) is 27.8 Å². The van der Waals surface area contributed by atoms with Gasteiger partial charge in [-0.1, -0.05) is 46.5 Å². The first-order chi connectivity index (χ1) is 37.4. The Bertz CT molecular complexity index is 2050. The predicted octanol–water partition coefficient (Wildman–Crippen LogP) is -7.04. The van der Waals surface area contributed by atoms with Crippen LogP contribution < -0.4 is 76.1 Å². The van der Waals surface area contributed by atoms with E-state index in [1.54, 1.807) is 13.8 Å². The molecule has 2 saturated heterocycles. The lowest BCUT2D eigenvalue weighted by molar-refractivity contribution is -0.193. The van der Waals surface area contributed by atoms with Crippen molar-refractivity contribution in [2.75, 3.05) is 39.3 Å². The van der Waals surface area contributed by atoms with Crippen molar-refractivity contribution in [3.8, 4) is 0 Å². The molecule has 3 unspecified atom stereocenters. The lowest BCUT2D eigenvalue weighted by atomic mass is 10.0. The Morgan fingerprint density at radius 1 is 0.646 bits per heavy atom. The van der Waals surface area contributed by atoms with Gasteiger partial charge in [0.25, 0.3) is 5.91 Å². The summed E-state index contributed by atoms with van der Waals surface area (Å²) in [6.07, 6.45) is -0.949. The molecule has 79 heavy (non-hydrogen) atoms. The van der Waals surface area contributed by atoms with Crippen molar-refractivity contribution in [1.29, 1.82) is 0 Å². The summed E-state index contributed by atoms with van der Waals surface area (Å²) in [5.74, 6) is -10.6. The van der Waals surface area contributed by atoms with Gasteiger partial charge in [0.2, 0.25) is 59.1 Å². The van der Waals surface area contributed by atoms with Gasteiger partial charge < -0.3 is 91.4 Å². The standard InChI is InChI=1S/C49H89N15O15/c1-7-8-9-10-11-12-36(68)55-29(13-18-50)43(72)63-39-28(6)79-64(49(39)78)35(24-65)46(75)58-33-17-22-54-47(76)37(26(4)66)61-44(73)32(16-21-53)57-40(69)31(15-20-52)59-48(77)38(27(5)67)62-45(74)34(23-25(2)3)60-41(70)30(14-19-51)56-42(33)71/h25-35,37-39,65-67H,7-24,50-53H2,1-6H3,(H,54,76)(H,55,68)(H,56,71)(H,57,69)(H,58,75)(H,59,77)(H,60,70)(H,61,73)(H,62,74)(H,63,72)/t26?,27?,28?,29-,30-,31-,32-,33-,34+,35+,37-,38-,39-/m0/s1. The second-order valence-corrected chi connectivity index (χ2v) is 20.2. The zero-order chi connectivity index (χ0) is 59.5. The van der Waals surface area contributed by atoms with E-state index in [1.807, 2.05) is 0 Å². The van der Waals surface area contributed by atoms with Crippen LogP contribution in [0.1, 0.15) is 119 Å². The lowest BCUT2D eigenvalue weighted by Gasteiger charge is -2.29. The monoisotopic (exact) mass is 1130 g/mol. The van der Waals surface area contributed by atoms with Crippen molar-refractivity contribution in [1.82, 2.24) is 58.2 Å². The van der Waals surface area contributed by atoms with E-state index >= 15 is 0 Å². The zero-order valence-corrected chi connectivity index (χ0v) is 46.3. The first-order valence-corrected chi connectivity index (χ1v) is 27.2. The second kappa shape index (κ2) is 35.5. The van der Waals surface area contributed by atoms with E-state index in [1.165, 1.54) is 20.8 Å². The molecule has 30 heteroatoms. The highest BCUT2D eigenvalue weighted by molar-refractivity contribution is 5.99. The maximum Gasteiger partial charge on any atom is 0.272 e. The van der Waals surface area contributed by atoms with Crippen LogP contribution in [0.15, 0.2) is 0 Å². The van der Waals surface area contributed by atoms with Gasteiger partial charge in [0.15, 0.2) is 6.04 Å². The number of hydrogen-bond donors (Lipinski definition) is 17. The molecule has 0 aromatic heterocycles. The Morgan fingerprint density at radius 3 is 1.65 bits per heavy atom. The summed E-state index contributed by atoms with van der Waals surface area (Å²) in [5, 5.41) is 57.2. The summed E-state index contributed by atoms with van der Waals surface area (Å²) in [7, 11) is 0. The van der Waals surface area contributed by atoms with Crippen molar-refractivity contribution in [3.05, 3.63) is 0 Å². The molecule has 2 rings (SSSR count). The van der Waals surface area contributed by atoms with Gasteiger partial charge in [-0.15, -0.1) is 0 Å². The Hall–Kier alpha value is -6.15. The van der Waals surface area contributed by atoms with Crippen LogP contribution in [0.5, 0.6) is 0 Å². The third kappa shape index (κ3) is 22.5. The molecular weight excluding hydrogens is 1040 g/mol. The number of hydrogen-bond acceptors (Lipinski definition) is 19. The fraction of sp³-hybridized carbons (Fsp3) is 0.776. The Morgan fingerprint density at radius 2 is 1.14 bits per heavy atom. The first-order valence-electron chi connectivity index (χ1n) is 27.2. The molecule has 0 aromatic carbocycles. The smallest absolute Gasteiger partial charge is 0.272 e. The highest BCUT2D eigenvalue weighted by Gasteiger charge is 2.47. The molecule has 0 bridgehead atoms. The van der Waals surface area contributed by atoms with Crippen LogP contribution in [0.4, 0.5) is 0 Å². The molecule has 0 spiro atoms. The molecule has 2 heterocycles. The minimum atomic E-state index is -1.89. The zero-order valence-electron chi connectivity index (χ0n) is 46.3. The van der Waals surface area contributed by atoms with E-state index in [0.717, 1.165) is 25.7 Å². The van der Waals surface area contributed by atoms with Crippen LogP contribution in [0.25, 0.3) is 0 Å². The Labute approximate surface area is 460 Å². The summed E-state index contributed by atoms with van der Waals surface area (Å²) in [6.45, 7) is 7.09. The highest BCUT2D eigenvalue weighted by Crippen LogP contribution is 2.20. The van der Waals surface area contributed by atoms with Crippen LogP contribution in [-0.2, 0) is 57.6 Å². The largest absolute Gasteiger partial charge is 0.394 e. The number of amides is 11. The second-order valence-electron chi connectivity index (χ2n) is 20.2. The van der Waals surface area contributed by atoms with Gasteiger partial charge in [0.1, 0.15) is 60.5 Å². The fourth-order valence-electron chi connectivity index (χ4n) is 8.54. The number of unbranched alkanes of at least 4 members (excludes halogenated alkanes) is 4. The molecule has 0 aliphatic carbocycles. The quantitative estimate of drug-likeness (QED) is 0.0378. The number of nitrogens with two attached hydrogens (primary N) is 4. The number of nitrogens with one attached hydrogen (secondary N) is 10. The van der Waals surface area contributed by atoms with Crippen LogP contribution in [0.3, 0.4) is 0 Å². The summed E-state index contributed by atoms with van der Waals surface area (Å²) in [4.78, 5) is 157. The van der Waals surface area contributed by atoms with E-state index in [-0.39, 0.29) is 70.6 Å². The lowest BCUT2D eigenvalue weighted by Crippen LogP contribution is -2.62. The van der Waals surface area contributed by atoms with Crippen molar-refractivity contribution in [2.24, 2.45) is 28.9 Å². The number of nitrogens with zero attached hydrogens (tertiary/aromatic N) is 1. The van der Waals surface area contributed by atoms with Crippen LogP contribution >= 0.6 is 0 Å². The van der Waals surface area contributed by atoms with E-state index < -0.39 is 163 Å². The van der Waals surface area contributed by atoms with Crippen molar-refractivity contribution in [3.63, 3.8) is 0 Å². The summed E-state index contributed by atoms with van der Waals surface area (Å²) < 4.78 is 0. The van der Waals surface area contributed by atoms with Crippen LogP contribution in [0, 0.1) is 5.92 Å². The average molecular weight is 1130 g/mol. The van der Waals surface area contributed by atoms with Gasteiger partial charge in [-0.2, -0.15) is 0 Å². The van der Waals surface area contributed by atoms with Crippen molar-refractivity contribution in [2.45, 2.75) is 197 Å². The normalized spacial score (nSPS) is 26.0. The van der Waals surface area contributed by atoms with Crippen LogP contribution in [-0.4, -0.2) is 203 Å². The molecule has 0 radical (unpaired) electrons.